The van der Waals surface area contributed by atoms with Crippen molar-refractivity contribution in [2.45, 2.75) is 6.92 Å². The Morgan fingerprint density at radius 1 is 1.75 bits per heavy atom. The van der Waals surface area contributed by atoms with Gasteiger partial charge in [-0.15, -0.1) is 0 Å². The third-order valence-corrected chi connectivity index (χ3v) is 0.971. The first-order valence-corrected chi connectivity index (χ1v) is 2.29. The van der Waals surface area contributed by atoms with E-state index in [-0.39, 0.29) is 10.7 Å². The summed E-state index contributed by atoms with van der Waals surface area (Å²) in [4.78, 5) is 0. The second kappa shape index (κ2) is 2.67. The van der Waals surface area contributed by atoms with Crippen molar-refractivity contribution in [3.63, 3.8) is 0 Å². The lowest BCUT2D eigenvalue weighted by Crippen LogP contribution is -1.98. The first-order valence-electron chi connectivity index (χ1n) is 1.92. The molecule has 0 amide bonds. The smallest absolute Gasteiger partial charge is 0.190 e. The van der Waals surface area contributed by atoms with E-state index in [1.807, 2.05) is 0 Å². The number of allylic oxidation sites excluding steroid dienone is 1. The molecule has 8 heavy (non-hydrogen) atoms. The van der Waals surface area contributed by atoms with Crippen LogP contribution in [0.3, 0.4) is 0 Å². The summed E-state index contributed by atoms with van der Waals surface area (Å²) in [5.74, 6) is -0.898. The fourth-order valence-corrected chi connectivity index (χ4v) is 0.195. The molecular weight excluding hydrogens is 131 g/mol. The second-order valence-electron chi connectivity index (χ2n) is 1.29. The van der Waals surface area contributed by atoms with Crippen LogP contribution in [0.15, 0.2) is 11.5 Å². The summed E-state index contributed by atoms with van der Waals surface area (Å²) in [6.45, 7) is 1.34. The van der Waals surface area contributed by atoms with Crippen molar-refractivity contribution >= 4 is 16.8 Å². The molecule has 0 unspecified atom stereocenters. The van der Waals surface area contributed by atoms with Gasteiger partial charge in [-0.1, -0.05) is 11.6 Å². The minimum Gasteiger partial charge on any atom is -0.375 e. The molecule has 0 rings (SSSR count). The molecule has 0 aromatic carbocycles. The van der Waals surface area contributed by atoms with Gasteiger partial charge in [0.25, 0.3) is 0 Å². The molecule has 3 N–H and O–H groups in total. The number of halogens is 2. The second-order valence-corrected chi connectivity index (χ2v) is 1.66. The highest BCUT2D eigenvalue weighted by Crippen LogP contribution is 2.02. The third kappa shape index (κ3) is 1.93. The van der Waals surface area contributed by atoms with Gasteiger partial charge >= 0.3 is 0 Å². The molecule has 4 heteroatoms. The normalized spacial score (nSPS) is 12.9. The monoisotopic (exact) mass is 136 g/mol. The molecule has 0 atom stereocenters. The molecule has 0 aromatic heterocycles. The Morgan fingerprint density at radius 2 is 2.12 bits per heavy atom. The van der Waals surface area contributed by atoms with Crippen LogP contribution in [0.5, 0.6) is 0 Å². The maximum atomic E-state index is 11.8. The maximum absolute atomic E-state index is 11.8. The maximum Gasteiger partial charge on any atom is 0.190 e. The summed E-state index contributed by atoms with van der Waals surface area (Å²) in [7, 11) is 0. The number of hydrogen-bond acceptors (Lipinski definition) is 2. The quantitative estimate of drug-likeness (QED) is 0.415. The number of nitrogens with one attached hydrogen (secondary N) is 1. The van der Waals surface area contributed by atoms with Crippen LogP contribution in [0.1, 0.15) is 6.92 Å². The van der Waals surface area contributed by atoms with Crippen LogP contribution in [0.2, 0.25) is 0 Å². The minimum atomic E-state index is -0.898. The highest BCUT2D eigenvalue weighted by atomic mass is 35.5. The Morgan fingerprint density at radius 3 is 2.12 bits per heavy atom. The molecule has 0 spiro atoms. The van der Waals surface area contributed by atoms with Crippen molar-refractivity contribution < 1.29 is 4.39 Å². The lowest BCUT2D eigenvalue weighted by molar-refractivity contribution is 0.620. The van der Waals surface area contributed by atoms with Crippen LogP contribution in [-0.4, -0.2) is 5.17 Å². The van der Waals surface area contributed by atoms with E-state index in [4.69, 9.17) is 17.0 Å². The zero-order valence-corrected chi connectivity index (χ0v) is 5.09. The van der Waals surface area contributed by atoms with E-state index < -0.39 is 5.95 Å². The molecule has 0 fully saturated rings. The largest absolute Gasteiger partial charge is 0.375 e. The topological polar surface area (TPSA) is 49.9 Å². The van der Waals surface area contributed by atoms with Gasteiger partial charge in [0, 0.05) is 5.57 Å². The van der Waals surface area contributed by atoms with Crippen LogP contribution < -0.4 is 5.73 Å². The number of hydrogen-bond donors (Lipinski definition) is 2. The Kier molecular flexibility index (Phi) is 2.48. The molecule has 0 radical (unpaired) electrons. The van der Waals surface area contributed by atoms with Crippen molar-refractivity contribution in [3.8, 4) is 0 Å². The molecule has 2 nitrogen and oxygen atoms in total. The predicted octanol–water partition coefficient (Wildman–Crippen LogP) is 1.36. The van der Waals surface area contributed by atoms with Gasteiger partial charge in [-0.05, 0) is 6.92 Å². The van der Waals surface area contributed by atoms with E-state index in [0.717, 1.165) is 0 Å². The summed E-state index contributed by atoms with van der Waals surface area (Å²) in [5.41, 5.74) is 4.60. The number of nitrogens with two attached hydrogens (primary N) is 1. The standard InChI is InChI=1S/C4H6ClFN2/c1-2(3(5)7)4(6)8/h7H,8H2,1H3/b4-2-,7-3?. The minimum absolute atomic E-state index is 0.0216. The number of rotatable bonds is 1. The van der Waals surface area contributed by atoms with Gasteiger partial charge in [-0.3, -0.25) is 5.41 Å². The first kappa shape index (κ1) is 7.43. The average molecular weight is 137 g/mol. The van der Waals surface area contributed by atoms with Crippen molar-refractivity contribution in [1.29, 1.82) is 5.41 Å². The summed E-state index contributed by atoms with van der Waals surface area (Å²) in [6.07, 6.45) is 0. The van der Waals surface area contributed by atoms with Gasteiger partial charge in [-0.2, -0.15) is 4.39 Å². The van der Waals surface area contributed by atoms with Gasteiger partial charge in [-0.25, -0.2) is 0 Å². The van der Waals surface area contributed by atoms with E-state index >= 15 is 0 Å². The molecule has 0 bridgehead atoms. The van der Waals surface area contributed by atoms with Crippen LogP contribution >= 0.6 is 11.6 Å². The van der Waals surface area contributed by atoms with Gasteiger partial charge in [0.1, 0.15) is 5.17 Å². The first-order chi connectivity index (χ1) is 3.55. The van der Waals surface area contributed by atoms with E-state index in [1.54, 1.807) is 0 Å². The fraction of sp³-hybridized carbons (Fsp3) is 0.250. The van der Waals surface area contributed by atoms with Gasteiger partial charge < -0.3 is 5.73 Å². The van der Waals surface area contributed by atoms with Crippen LogP contribution in [-0.2, 0) is 0 Å². The predicted molar refractivity (Wildman–Crippen MR) is 31.6 cm³/mol. The highest BCUT2D eigenvalue weighted by Gasteiger charge is 1.98. The molecule has 0 heterocycles. The molecular formula is C4H6ClFN2. The highest BCUT2D eigenvalue weighted by molar-refractivity contribution is 6.68. The molecule has 0 saturated carbocycles. The third-order valence-electron chi connectivity index (χ3n) is 0.687. The molecule has 0 saturated heterocycles. The van der Waals surface area contributed by atoms with Crippen molar-refractivity contribution in [2.24, 2.45) is 5.73 Å². The Bertz CT molecular complexity index is 137. The van der Waals surface area contributed by atoms with Crippen LogP contribution in [0.25, 0.3) is 0 Å². The Hall–Kier alpha value is -0.570. The Labute approximate surface area is 51.6 Å². The van der Waals surface area contributed by atoms with Crippen molar-refractivity contribution in [3.05, 3.63) is 11.5 Å². The lowest BCUT2D eigenvalue weighted by atomic mass is 10.3. The van der Waals surface area contributed by atoms with E-state index in [2.05, 4.69) is 5.73 Å². The van der Waals surface area contributed by atoms with Gasteiger partial charge in [0.2, 0.25) is 0 Å². The van der Waals surface area contributed by atoms with E-state index in [9.17, 15) is 4.39 Å². The Balaban J connectivity index is 4.23. The van der Waals surface area contributed by atoms with Gasteiger partial charge in [0.15, 0.2) is 5.95 Å². The average Bonchev–Trinajstić information content (AvgIpc) is 1.64. The fourth-order valence-electron chi connectivity index (χ4n) is 0.105. The molecule has 0 aromatic rings. The summed E-state index contributed by atoms with van der Waals surface area (Å²) in [6, 6.07) is 0. The van der Waals surface area contributed by atoms with Crippen molar-refractivity contribution in [1.82, 2.24) is 0 Å². The zero-order valence-electron chi connectivity index (χ0n) is 4.33. The zero-order chi connectivity index (χ0) is 6.73. The lowest BCUT2D eigenvalue weighted by Gasteiger charge is -1.91. The summed E-state index contributed by atoms with van der Waals surface area (Å²) >= 11 is 5.03. The van der Waals surface area contributed by atoms with Crippen LogP contribution in [0, 0.1) is 5.41 Å². The molecule has 0 aliphatic heterocycles. The van der Waals surface area contributed by atoms with Crippen molar-refractivity contribution in [2.75, 3.05) is 0 Å². The molecule has 46 valence electrons. The molecule has 0 aliphatic carbocycles. The molecule has 0 aliphatic rings. The van der Waals surface area contributed by atoms with E-state index in [0.29, 0.717) is 0 Å². The SMILES string of the molecule is C/C(C(=N)Cl)=C(/N)F. The summed E-state index contributed by atoms with van der Waals surface area (Å²) in [5, 5.41) is 6.26. The van der Waals surface area contributed by atoms with Gasteiger partial charge in [0.05, 0.1) is 0 Å². The van der Waals surface area contributed by atoms with E-state index in [1.165, 1.54) is 6.92 Å². The summed E-state index contributed by atoms with van der Waals surface area (Å²) < 4.78 is 11.8. The van der Waals surface area contributed by atoms with Crippen LogP contribution in [0.4, 0.5) is 4.39 Å².